The van der Waals surface area contributed by atoms with E-state index in [0.29, 0.717) is 12.4 Å². The van der Waals surface area contributed by atoms with E-state index in [1.165, 1.54) is 6.08 Å². The minimum Gasteiger partial charge on any atom is -0.490 e. The van der Waals surface area contributed by atoms with Crippen LogP contribution in [0.15, 0.2) is 43.0 Å². The number of hydrogen-bond donors (Lipinski definition) is 1. The zero-order valence-corrected chi connectivity index (χ0v) is 15.9. The molecule has 2 rings (SSSR count). The van der Waals surface area contributed by atoms with Gasteiger partial charge < -0.3 is 14.8 Å². The summed E-state index contributed by atoms with van der Waals surface area (Å²) in [7, 11) is 0. The van der Waals surface area contributed by atoms with Gasteiger partial charge in [-0.15, -0.1) is 0 Å². The van der Waals surface area contributed by atoms with Crippen LogP contribution >= 0.6 is 11.8 Å². The third-order valence-corrected chi connectivity index (χ3v) is 4.36. The molecule has 1 aromatic carbocycles. The van der Waals surface area contributed by atoms with Gasteiger partial charge >= 0.3 is 5.97 Å². The lowest BCUT2D eigenvalue weighted by atomic mass is 10.2. The first-order valence-corrected chi connectivity index (χ1v) is 9.40. The number of ether oxygens (including phenoxy) is 2. The van der Waals surface area contributed by atoms with Crippen LogP contribution in [-0.2, 0) is 19.1 Å². The van der Waals surface area contributed by atoms with E-state index in [-0.39, 0.29) is 30.0 Å². The fourth-order valence-corrected chi connectivity index (χ4v) is 2.89. The standard InChI is InChI=1S/C19H20N2O6S/c1-2-11-26-15-6-3-14(4-7-15)5-8-18(24)27-12-16(22)20-9-10-21-17(23)13-28-19(21)25/h2-8H,1,9-13H2,(H,20,22)/b8-5+. The summed E-state index contributed by atoms with van der Waals surface area (Å²) in [4.78, 5) is 47.2. The Morgan fingerprint density at radius 3 is 2.64 bits per heavy atom. The van der Waals surface area contributed by atoms with Crippen LogP contribution < -0.4 is 10.1 Å². The van der Waals surface area contributed by atoms with E-state index in [1.54, 1.807) is 36.4 Å². The van der Waals surface area contributed by atoms with Crippen LogP contribution in [0.3, 0.4) is 0 Å². The molecule has 0 atom stereocenters. The van der Waals surface area contributed by atoms with Gasteiger partial charge in [0.05, 0.1) is 5.75 Å². The van der Waals surface area contributed by atoms with Gasteiger partial charge in [-0.1, -0.05) is 36.5 Å². The van der Waals surface area contributed by atoms with Crippen molar-refractivity contribution in [2.75, 3.05) is 32.1 Å². The molecule has 1 N–H and O–H groups in total. The summed E-state index contributed by atoms with van der Waals surface area (Å²) in [5, 5.41) is 2.16. The molecule has 28 heavy (non-hydrogen) atoms. The highest BCUT2D eigenvalue weighted by molar-refractivity contribution is 8.14. The quantitative estimate of drug-likeness (QED) is 0.359. The number of hydrogen-bond acceptors (Lipinski definition) is 7. The molecule has 1 aliphatic rings. The highest BCUT2D eigenvalue weighted by Crippen LogP contribution is 2.17. The second-order valence-electron chi connectivity index (χ2n) is 5.56. The number of carbonyl (C=O) groups excluding carboxylic acids is 4. The van der Waals surface area contributed by atoms with Gasteiger partial charge in [-0.25, -0.2) is 4.79 Å². The number of carbonyl (C=O) groups is 4. The molecular formula is C19H20N2O6S. The van der Waals surface area contributed by atoms with Crippen molar-refractivity contribution >= 4 is 40.9 Å². The highest BCUT2D eigenvalue weighted by Gasteiger charge is 2.29. The molecule has 0 radical (unpaired) electrons. The fraction of sp³-hybridized carbons (Fsp3) is 0.263. The molecular weight excluding hydrogens is 384 g/mol. The Labute approximate surface area is 166 Å². The molecule has 0 unspecified atom stereocenters. The van der Waals surface area contributed by atoms with Gasteiger partial charge in [0, 0.05) is 19.2 Å². The second kappa shape index (κ2) is 10.9. The fourth-order valence-electron chi connectivity index (χ4n) is 2.13. The SMILES string of the molecule is C=CCOc1ccc(/C=C/C(=O)OCC(=O)NCCN2C(=O)CSC2=O)cc1. The van der Waals surface area contributed by atoms with E-state index >= 15 is 0 Å². The number of amides is 3. The molecule has 0 aromatic heterocycles. The zero-order valence-electron chi connectivity index (χ0n) is 15.1. The minimum atomic E-state index is -0.663. The topological polar surface area (TPSA) is 102 Å². The van der Waals surface area contributed by atoms with Crippen LogP contribution in [0.2, 0.25) is 0 Å². The third kappa shape index (κ3) is 6.92. The summed E-state index contributed by atoms with van der Waals surface area (Å²) in [5.74, 6) is -0.643. The van der Waals surface area contributed by atoms with E-state index in [9.17, 15) is 19.2 Å². The molecule has 8 nitrogen and oxygen atoms in total. The van der Waals surface area contributed by atoms with E-state index in [1.807, 2.05) is 0 Å². The van der Waals surface area contributed by atoms with Crippen molar-refractivity contribution in [3.8, 4) is 5.75 Å². The van der Waals surface area contributed by atoms with Gasteiger partial charge in [-0.2, -0.15) is 0 Å². The maximum Gasteiger partial charge on any atom is 0.331 e. The molecule has 1 heterocycles. The van der Waals surface area contributed by atoms with E-state index in [4.69, 9.17) is 9.47 Å². The van der Waals surface area contributed by atoms with E-state index in [0.717, 1.165) is 22.2 Å². The van der Waals surface area contributed by atoms with Crippen molar-refractivity contribution in [1.82, 2.24) is 10.2 Å². The average molecular weight is 404 g/mol. The molecule has 148 valence electrons. The Kier molecular flexibility index (Phi) is 8.29. The second-order valence-corrected chi connectivity index (χ2v) is 6.49. The van der Waals surface area contributed by atoms with Crippen molar-refractivity contribution in [2.24, 2.45) is 0 Å². The van der Waals surface area contributed by atoms with Gasteiger partial charge in [0.1, 0.15) is 12.4 Å². The zero-order chi connectivity index (χ0) is 20.4. The van der Waals surface area contributed by atoms with Gasteiger partial charge in [-0.3, -0.25) is 19.3 Å². The summed E-state index contributed by atoms with van der Waals surface area (Å²) >= 11 is 0.931. The summed E-state index contributed by atoms with van der Waals surface area (Å²) in [6.07, 6.45) is 4.41. The van der Waals surface area contributed by atoms with Crippen LogP contribution in [0.4, 0.5) is 4.79 Å². The average Bonchev–Trinajstić information content (AvgIpc) is 3.02. The van der Waals surface area contributed by atoms with Gasteiger partial charge in [0.25, 0.3) is 11.1 Å². The molecule has 0 aliphatic carbocycles. The Balaban J connectivity index is 1.66. The number of rotatable bonds is 10. The third-order valence-electron chi connectivity index (χ3n) is 3.50. The van der Waals surface area contributed by atoms with E-state index in [2.05, 4.69) is 11.9 Å². The van der Waals surface area contributed by atoms with Crippen LogP contribution in [0, 0.1) is 0 Å². The Bertz CT molecular complexity index is 759. The first-order valence-electron chi connectivity index (χ1n) is 8.42. The first kappa shape index (κ1) is 21.2. The van der Waals surface area contributed by atoms with Crippen LogP contribution in [-0.4, -0.2) is 60.0 Å². The lowest BCUT2D eigenvalue weighted by Gasteiger charge is -2.12. The lowest BCUT2D eigenvalue weighted by Crippen LogP contribution is -2.38. The van der Waals surface area contributed by atoms with Gasteiger partial charge in [0.2, 0.25) is 5.91 Å². The Hall–Kier alpha value is -3.07. The van der Waals surface area contributed by atoms with Crippen LogP contribution in [0.25, 0.3) is 6.08 Å². The maximum absolute atomic E-state index is 11.7. The number of benzene rings is 1. The molecule has 1 fully saturated rings. The largest absolute Gasteiger partial charge is 0.490 e. The molecule has 0 saturated carbocycles. The molecule has 1 aromatic rings. The molecule has 0 spiro atoms. The van der Waals surface area contributed by atoms with Crippen molar-refractivity contribution in [1.29, 1.82) is 0 Å². The molecule has 1 saturated heterocycles. The van der Waals surface area contributed by atoms with Crippen molar-refractivity contribution in [3.05, 3.63) is 48.6 Å². The van der Waals surface area contributed by atoms with Crippen LogP contribution in [0.1, 0.15) is 5.56 Å². The van der Waals surface area contributed by atoms with Crippen LogP contribution in [0.5, 0.6) is 5.75 Å². The molecule has 0 bridgehead atoms. The van der Waals surface area contributed by atoms with Crippen molar-refractivity contribution in [2.45, 2.75) is 0 Å². The molecule has 1 aliphatic heterocycles. The first-order chi connectivity index (χ1) is 13.5. The smallest absolute Gasteiger partial charge is 0.331 e. The van der Waals surface area contributed by atoms with Crippen molar-refractivity contribution in [3.63, 3.8) is 0 Å². The predicted molar refractivity (Wildman–Crippen MR) is 105 cm³/mol. The monoisotopic (exact) mass is 404 g/mol. The van der Waals surface area contributed by atoms with E-state index < -0.39 is 18.5 Å². The number of imide groups is 1. The number of nitrogens with zero attached hydrogens (tertiary/aromatic N) is 1. The molecule has 3 amide bonds. The Morgan fingerprint density at radius 2 is 2.00 bits per heavy atom. The Morgan fingerprint density at radius 1 is 1.25 bits per heavy atom. The summed E-state index contributed by atoms with van der Waals surface area (Å²) in [5.41, 5.74) is 0.769. The summed E-state index contributed by atoms with van der Waals surface area (Å²) in [6, 6.07) is 7.06. The van der Waals surface area contributed by atoms with Gasteiger partial charge in [-0.05, 0) is 23.8 Å². The van der Waals surface area contributed by atoms with Gasteiger partial charge in [0.15, 0.2) is 6.61 Å². The molecule has 9 heteroatoms. The number of esters is 1. The number of nitrogens with one attached hydrogen (secondary N) is 1. The van der Waals surface area contributed by atoms with Crippen molar-refractivity contribution < 1.29 is 28.7 Å². The summed E-state index contributed by atoms with van der Waals surface area (Å²) in [6.45, 7) is 3.72. The minimum absolute atomic E-state index is 0.0940. The summed E-state index contributed by atoms with van der Waals surface area (Å²) < 4.78 is 10.2. The maximum atomic E-state index is 11.7. The predicted octanol–water partition coefficient (Wildman–Crippen LogP) is 1.62. The number of thioether (sulfide) groups is 1. The normalized spacial score (nSPS) is 13.6. The highest BCUT2D eigenvalue weighted by atomic mass is 32.2. The lowest BCUT2D eigenvalue weighted by molar-refractivity contribution is -0.143.